The van der Waals surface area contributed by atoms with Crippen LogP contribution in [0.4, 0.5) is 4.79 Å². The van der Waals surface area contributed by atoms with Crippen LogP contribution in [0.3, 0.4) is 0 Å². The molecule has 1 heterocycles. The first-order valence-corrected chi connectivity index (χ1v) is 5.78. The van der Waals surface area contributed by atoms with Gasteiger partial charge in [-0.2, -0.15) is 0 Å². The zero-order chi connectivity index (χ0) is 10.8. The van der Waals surface area contributed by atoms with Gasteiger partial charge in [0, 0.05) is 17.6 Å². The largest absolute Gasteiger partial charge is 0.336 e. The molecule has 0 saturated carbocycles. The van der Waals surface area contributed by atoms with Crippen molar-refractivity contribution in [2.24, 2.45) is 0 Å². The molecule has 0 radical (unpaired) electrons. The van der Waals surface area contributed by atoms with Gasteiger partial charge < -0.3 is 10.2 Å². The van der Waals surface area contributed by atoms with E-state index in [1.807, 2.05) is 36.1 Å². The summed E-state index contributed by atoms with van der Waals surface area (Å²) in [6.07, 6.45) is 0. The second kappa shape index (κ2) is 4.23. The van der Waals surface area contributed by atoms with E-state index in [0.717, 1.165) is 23.1 Å². The molecule has 1 fully saturated rings. The number of halogens is 1. The predicted octanol–water partition coefficient (Wildman–Crippen LogP) is 2.54. The maximum atomic E-state index is 11.5. The van der Waals surface area contributed by atoms with Gasteiger partial charge in [-0.1, -0.05) is 28.1 Å². The van der Waals surface area contributed by atoms with E-state index in [-0.39, 0.29) is 12.1 Å². The normalized spacial score (nSPS) is 17.7. The summed E-state index contributed by atoms with van der Waals surface area (Å²) in [5.41, 5.74) is 1.16. The fourth-order valence-corrected chi connectivity index (χ4v) is 2.04. The molecule has 1 saturated heterocycles. The number of amides is 2. The Morgan fingerprint density at radius 3 is 2.60 bits per heavy atom. The molecular weight excluding hydrogens is 256 g/mol. The summed E-state index contributed by atoms with van der Waals surface area (Å²) in [7, 11) is 0. The fourth-order valence-electron chi connectivity index (χ4n) is 1.78. The molecule has 2 rings (SSSR count). The molecule has 1 aromatic rings. The lowest BCUT2D eigenvalue weighted by molar-refractivity contribution is 0.202. The van der Waals surface area contributed by atoms with Crippen LogP contribution >= 0.6 is 15.9 Å². The van der Waals surface area contributed by atoms with Crippen molar-refractivity contribution in [1.82, 2.24) is 10.2 Å². The Morgan fingerprint density at radius 2 is 2.07 bits per heavy atom. The number of hydrogen-bond acceptors (Lipinski definition) is 1. The molecule has 0 aromatic heterocycles. The van der Waals surface area contributed by atoms with Crippen molar-refractivity contribution in [3.05, 3.63) is 34.3 Å². The molecule has 1 aromatic carbocycles. The topological polar surface area (TPSA) is 32.3 Å². The lowest BCUT2D eigenvalue weighted by Gasteiger charge is -2.23. The summed E-state index contributed by atoms with van der Waals surface area (Å²) >= 11 is 3.40. The third-order valence-electron chi connectivity index (χ3n) is 2.71. The van der Waals surface area contributed by atoms with Crippen LogP contribution < -0.4 is 5.32 Å². The van der Waals surface area contributed by atoms with E-state index in [1.165, 1.54) is 0 Å². The van der Waals surface area contributed by atoms with Crippen LogP contribution in [-0.4, -0.2) is 24.0 Å². The SMILES string of the molecule is CC(c1ccc(Br)cc1)N1CCNC1=O. The van der Waals surface area contributed by atoms with Crippen LogP contribution in [-0.2, 0) is 0 Å². The molecule has 0 aliphatic carbocycles. The van der Waals surface area contributed by atoms with Gasteiger partial charge in [0.1, 0.15) is 0 Å². The molecule has 4 heteroatoms. The smallest absolute Gasteiger partial charge is 0.318 e. The fraction of sp³-hybridized carbons (Fsp3) is 0.364. The highest BCUT2D eigenvalue weighted by Crippen LogP contribution is 2.23. The quantitative estimate of drug-likeness (QED) is 0.879. The zero-order valence-electron chi connectivity index (χ0n) is 8.53. The van der Waals surface area contributed by atoms with Gasteiger partial charge in [0.05, 0.1) is 6.04 Å². The number of nitrogens with zero attached hydrogens (tertiary/aromatic N) is 1. The van der Waals surface area contributed by atoms with Gasteiger partial charge in [0.25, 0.3) is 0 Å². The average molecular weight is 269 g/mol. The van der Waals surface area contributed by atoms with Crippen molar-refractivity contribution in [2.75, 3.05) is 13.1 Å². The van der Waals surface area contributed by atoms with Crippen molar-refractivity contribution < 1.29 is 4.79 Å². The number of hydrogen-bond donors (Lipinski definition) is 1. The molecule has 1 aliphatic heterocycles. The Hall–Kier alpha value is -1.03. The van der Waals surface area contributed by atoms with E-state index in [1.54, 1.807) is 0 Å². The molecule has 1 aliphatic rings. The molecular formula is C11H13BrN2O. The van der Waals surface area contributed by atoms with Crippen molar-refractivity contribution in [3.8, 4) is 0 Å². The van der Waals surface area contributed by atoms with E-state index in [9.17, 15) is 4.79 Å². The highest BCUT2D eigenvalue weighted by atomic mass is 79.9. The number of carbonyl (C=O) groups excluding carboxylic acids is 1. The summed E-state index contributed by atoms with van der Waals surface area (Å²) < 4.78 is 1.06. The summed E-state index contributed by atoms with van der Waals surface area (Å²) in [4.78, 5) is 13.3. The zero-order valence-corrected chi connectivity index (χ0v) is 10.1. The van der Waals surface area contributed by atoms with E-state index in [0.29, 0.717) is 0 Å². The minimum Gasteiger partial charge on any atom is -0.336 e. The molecule has 3 nitrogen and oxygen atoms in total. The number of rotatable bonds is 2. The van der Waals surface area contributed by atoms with Crippen LogP contribution in [0.25, 0.3) is 0 Å². The van der Waals surface area contributed by atoms with Crippen molar-refractivity contribution in [3.63, 3.8) is 0 Å². The van der Waals surface area contributed by atoms with E-state index in [4.69, 9.17) is 0 Å². The molecule has 80 valence electrons. The molecule has 0 spiro atoms. The maximum Gasteiger partial charge on any atom is 0.318 e. The first-order valence-electron chi connectivity index (χ1n) is 4.98. The predicted molar refractivity (Wildman–Crippen MR) is 62.7 cm³/mol. The molecule has 0 bridgehead atoms. The summed E-state index contributed by atoms with van der Waals surface area (Å²) in [5.74, 6) is 0. The minimum atomic E-state index is 0.0328. The Balaban J connectivity index is 2.16. The van der Waals surface area contributed by atoms with Gasteiger partial charge in [-0.25, -0.2) is 4.79 Å². The van der Waals surface area contributed by atoms with Crippen molar-refractivity contribution in [1.29, 1.82) is 0 Å². The first kappa shape index (κ1) is 10.5. The Labute approximate surface area is 97.6 Å². The molecule has 1 N–H and O–H groups in total. The lowest BCUT2D eigenvalue weighted by Crippen LogP contribution is -2.30. The number of urea groups is 1. The molecule has 15 heavy (non-hydrogen) atoms. The van der Waals surface area contributed by atoms with Crippen LogP contribution in [0.2, 0.25) is 0 Å². The third-order valence-corrected chi connectivity index (χ3v) is 3.24. The second-order valence-electron chi connectivity index (χ2n) is 3.65. The van der Waals surface area contributed by atoms with E-state index < -0.39 is 0 Å². The Morgan fingerprint density at radius 1 is 1.40 bits per heavy atom. The summed E-state index contributed by atoms with van der Waals surface area (Å²) in [6.45, 7) is 3.59. The second-order valence-corrected chi connectivity index (χ2v) is 4.57. The van der Waals surface area contributed by atoms with Gasteiger partial charge in [0.2, 0.25) is 0 Å². The highest BCUT2D eigenvalue weighted by Gasteiger charge is 2.25. The number of benzene rings is 1. The highest BCUT2D eigenvalue weighted by molar-refractivity contribution is 9.10. The number of nitrogens with one attached hydrogen (secondary N) is 1. The van der Waals surface area contributed by atoms with E-state index >= 15 is 0 Å². The van der Waals surface area contributed by atoms with Gasteiger partial charge in [-0.15, -0.1) is 0 Å². The van der Waals surface area contributed by atoms with Gasteiger partial charge in [0.15, 0.2) is 0 Å². The van der Waals surface area contributed by atoms with Gasteiger partial charge in [-0.05, 0) is 24.6 Å². The molecule has 1 atom stereocenters. The van der Waals surface area contributed by atoms with Gasteiger partial charge in [-0.3, -0.25) is 0 Å². The van der Waals surface area contributed by atoms with E-state index in [2.05, 4.69) is 21.2 Å². The van der Waals surface area contributed by atoms with Crippen LogP contribution in [0.15, 0.2) is 28.7 Å². The maximum absolute atomic E-state index is 11.5. The third kappa shape index (κ3) is 2.15. The van der Waals surface area contributed by atoms with Crippen molar-refractivity contribution in [2.45, 2.75) is 13.0 Å². The first-order chi connectivity index (χ1) is 7.18. The van der Waals surface area contributed by atoms with Gasteiger partial charge >= 0.3 is 6.03 Å². The summed E-state index contributed by atoms with van der Waals surface area (Å²) in [5, 5.41) is 2.81. The van der Waals surface area contributed by atoms with Crippen molar-refractivity contribution >= 4 is 22.0 Å². The minimum absolute atomic E-state index is 0.0328. The average Bonchev–Trinajstić information content (AvgIpc) is 2.65. The molecule has 2 amide bonds. The molecule has 1 unspecified atom stereocenters. The Bertz CT molecular complexity index is 363. The van der Waals surface area contributed by atoms with Crippen LogP contribution in [0, 0.1) is 0 Å². The number of carbonyl (C=O) groups is 1. The monoisotopic (exact) mass is 268 g/mol. The summed E-state index contributed by atoms with van der Waals surface area (Å²) in [6, 6.07) is 8.26. The standard InChI is InChI=1S/C11H13BrN2O/c1-8(14-7-6-13-11(14)15)9-2-4-10(12)5-3-9/h2-5,8H,6-7H2,1H3,(H,13,15). The van der Waals surface area contributed by atoms with Crippen LogP contribution in [0.5, 0.6) is 0 Å². The Kier molecular flexibility index (Phi) is 2.95. The lowest BCUT2D eigenvalue weighted by atomic mass is 10.1. The van der Waals surface area contributed by atoms with Crippen LogP contribution in [0.1, 0.15) is 18.5 Å².